The van der Waals surface area contributed by atoms with Crippen LogP contribution >= 0.6 is 0 Å². The summed E-state index contributed by atoms with van der Waals surface area (Å²) in [5.41, 5.74) is 1.75. The molecule has 3 amide bonds. The van der Waals surface area contributed by atoms with E-state index >= 15 is 0 Å². The van der Waals surface area contributed by atoms with Gasteiger partial charge >= 0.3 is 12.0 Å². The number of imide groups is 1. The van der Waals surface area contributed by atoms with Crippen LogP contribution < -0.4 is 10.6 Å². The summed E-state index contributed by atoms with van der Waals surface area (Å²) >= 11 is 0. The van der Waals surface area contributed by atoms with Crippen LogP contribution in [0.25, 0.3) is 11.1 Å². The van der Waals surface area contributed by atoms with Gasteiger partial charge in [-0.3, -0.25) is 10.1 Å². The number of carbonyl (C=O) groups excluding carboxylic acids is 3. The van der Waals surface area contributed by atoms with Gasteiger partial charge in [0.05, 0.1) is 17.2 Å². The minimum absolute atomic E-state index is 0.141. The van der Waals surface area contributed by atoms with Crippen LogP contribution in [0, 0.1) is 11.3 Å². The molecule has 0 bridgehead atoms. The summed E-state index contributed by atoms with van der Waals surface area (Å²) in [7, 11) is 0. The monoisotopic (exact) mass is 379 g/mol. The van der Waals surface area contributed by atoms with Crippen LogP contribution in [0.4, 0.5) is 4.79 Å². The van der Waals surface area contributed by atoms with Gasteiger partial charge in [-0.2, -0.15) is 5.26 Å². The Balaban J connectivity index is 2.19. The molecule has 1 atom stereocenters. The number of nitriles is 1. The molecule has 0 saturated carbocycles. The summed E-state index contributed by atoms with van der Waals surface area (Å²) in [6, 6.07) is 14.8. The molecule has 0 aliphatic carbocycles. The van der Waals surface area contributed by atoms with E-state index in [1.54, 1.807) is 62.4 Å². The standard InChI is InChI=1S/C21H21N3O4/c1-13(2)23-21(27)24-19(25)14(3)28-20(26)18-11-7-6-10-17(18)16-9-5-4-8-15(16)12-22/h4-11,13-14H,1-3H3,(H2,23,24,25,27)/t14-/m0/s1. The summed E-state index contributed by atoms with van der Waals surface area (Å²) < 4.78 is 5.23. The third-order valence-electron chi connectivity index (χ3n) is 3.79. The maximum Gasteiger partial charge on any atom is 0.339 e. The van der Waals surface area contributed by atoms with Gasteiger partial charge < -0.3 is 10.1 Å². The topological polar surface area (TPSA) is 108 Å². The van der Waals surface area contributed by atoms with Crippen LogP contribution in [0.5, 0.6) is 0 Å². The number of amides is 3. The maximum atomic E-state index is 12.6. The summed E-state index contributed by atoms with van der Waals surface area (Å²) in [5, 5.41) is 14.0. The first-order chi connectivity index (χ1) is 13.3. The first-order valence-corrected chi connectivity index (χ1v) is 8.74. The van der Waals surface area contributed by atoms with E-state index in [0.29, 0.717) is 16.7 Å². The van der Waals surface area contributed by atoms with E-state index in [4.69, 9.17) is 4.74 Å². The molecule has 0 heterocycles. The predicted molar refractivity (Wildman–Crippen MR) is 103 cm³/mol. The van der Waals surface area contributed by atoms with Gasteiger partial charge in [-0.15, -0.1) is 0 Å². The Bertz CT molecular complexity index is 931. The van der Waals surface area contributed by atoms with Gasteiger partial charge in [-0.05, 0) is 38.5 Å². The van der Waals surface area contributed by atoms with E-state index < -0.39 is 24.0 Å². The second kappa shape index (κ2) is 9.33. The highest BCUT2D eigenvalue weighted by molar-refractivity contribution is 6.01. The molecule has 0 aliphatic heterocycles. The molecule has 0 radical (unpaired) electrons. The summed E-state index contributed by atoms with van der Waals surface area (Å²) in [6.07, 6.45) is -1.18. The molecule has 0 saturated heterocycles. The number of ether oxygens (including phenoxy) is 1. The number of hydrogen-bond acceptors (Lipinski definition) is 5. The van der Waals surface area contributed by atoms with E-state index in [1.165, 1.54) is 6.92 Å². The molecular weight excluding hydrogens is 358 g/mol. The molecule has 0 aromatic heterocycles. The van der Waals surface area contributed by atoms with Crippen molar-refractivity contribution in [3.8, 4) is 17.2 Å². The van der Waals surface area contributed by atoms with Crippen LogP contribution in [0.3, 0.4) is 0 Å². The molecule has 2 aromatic carbocycles. The summed E-state index contributed by atoms with van der Waals surface area (Å²) in [4.78, 5) is 36.3. The molecule has 7 heteroatoms. The van der Waals surface area contributed by atoms with Crippen LogP contribution in [0.2, 0.25) is 0 Å². The summed E-state index contributed by atoms with van der Waals surface area (Å²) in [5.74, 6) is -1.46. The number of rotatable bonds is 5. The van der Waals surface area contributed by atoms with Gasteiger partial charge in [0, 0.05) is 11.6 Å². The highest BCUT2D eigenvalue weighted by Gasteiger charge is 2.23. The fourth-order valence-corrected chi connectivity index (χ4v) is 2.50. The third kappa shape index (κ3) is 5.17. The third-order valence-corrected chi connectivity index (χ3v) is 3.79. The number of nitrogens with zero attached hydrogens (tertiary/aromatic N) is 1. The Morgan fingerprint density at radius 2 is 1.57 bits per heavy atom. The lowest BCUT2D eigenvalue weighted by Gasteiger charge is -2.16. The minimum atomic E-state index is -1.18. The van der Waals surface area contributed by atoms with Gasteiger partial charge in [0.1, 0.15) is 0 Å². The molecule has 2 N–H and O–H groups in total. The van der Waals surface area contributed by atoms with E-state index in [1.807, 2.05) is 0 Å². The average Bonchev–Trinajstić information content (AvgIpc) is 2.67. The lowest BCUT2D eigenvalue weighted by molar-refractivity contribution is -0.127. The number of urea groups is 1. The van der Waals surface area contributed by atoms with Crippen molar-refractivity contribution in [2.75, 3.05) is 0 Å². The fraction of sp³-hybridized carbons (Fsp3) is 0.238. The molecule has 0 spiro atoms. The van der Waals surface area contributed by atoms with Crippen molar-refractivity contribution in [2.45, 2.75) is 32.9 Å². The summed E-state index contributed by atoms with van der Waals surface area (Å²) in [6.45, 7) is 4.88. The lowest BCUT2D eigenvalue weighted by Crippen LogP contribution is -2.46. The second-order valence-corrected chi connectivity index (χ2v) is 6.37. The number of benzene rings is 2. The normalized spacial score (nSPS) is 11.2. The number of carbonyl (C=O) groups is 3. The zero-order valence-corrected chi connectivity index (χ0v) is 15.9. The molecule has 2 rings (SSSR count). The van der Waals surface area contributed by atoms with Crippen molar-refractivity contribution < 1.29 is 19.1 Å². The zero-order chi connectivity index (χ0) is 20.7. The lowest BCUT2D eigenvalue weighted by atomic mass is 9.96. The predicted octanol–water partition coefficient (Wildman–Crippen LogP) is 3.00. The van der Waals surface area contributed by atoms with Crippen LogP contribution in [-0.4, -0.2) is 30.1 Å². The van der Waals surface area contributed by atoms with E-state index in [2.05, 4.69) is 16.7 Å². The van der Waals surface area contributed by atoms with Crippen LogP contribution in [-0.2, 0) is 9.53 Å². The van der Waals surface area contributed by atoms with Crippen LogP contribution in [0.15, 0.2) is 48.5 Å². The highest BCUT2D eigenvalue weighted by atomic mass is 16.5. The SMILES string of the molecule is CC(C)NC(=O)NC(=O)[C@H](C)OC(=O)c1ccccc1-c1ccccc1C#N. The Hall–Kier alpha value is -3.66. The molecule has 144 valence electrons. The van der Waals surface area contributed by atoms with Crippen molar-refractivity contribution in [2.24, 2.45) is 0 Å². The van der Waals surface area contributed by atoms with Crippen molar-refractivity contribution in [3.63, 3.8) is 0 Å². The molecule has 7 nitrogen and oxygen atoms in total. The van der Waals surface area contributed by atoms with Gasteiger partial charge in [0.15, 0.2) is 6.10 Å². The van der Waals surface area contributed by atoms with E-state index in [9.17, 15) is 19.6 Å². The molecular formula is C21H21N3O4. The van der Waals surface area contributed by atoms with Crippen molar-refractivity contribution in [3.05, 3.63) is 59.7 Å². The first-order valence-electron chi connectivity index (χ1n) is 8.74. The van der Waals surface area contributed by atoms with Gasteiger partial charge in [-0.25, -0.2) is 9.59 Å². The fourth-order valence-electron chi connectivity index (χ4n) is 2.50. The number of esters is 1. The smallest absolute Gasteiger partial charge is 0.339 e. The molecule has 0 unspecified atom stereocenters. The Morgan fingerprint density at radius 1 is 0.964 bits per heavy atom. The van der Waals surface area contributed by atoms with Gasteiger partial charge in [0.25, 0.3) is 5.91 Å². The van der Waals surface area contributed by atoms with Gasteiger partial charge in [-0.1, -0.05) is 36.4 Å². The van der Waals surface area contributed by atoms with Crippen molar-refractivity contribution in [1.82, 2.24) is 10.6 Å². The number of nitrogens with one attached hydrogen (secondary N) is 2. The molecule has 0 fully saturated rings. The second-order valence-electron chi connectivity index (χ2n) is 6.37. The van der Waals surface area contributed by atoms with Crippen molar-refractivity contribution in [1.29, 1.82) is 5.26 Å². The Labute approximate surface area is 163 Å². The minimum Gasteiger partial charge on any atom is -0.449 e. The van der Waals surface area contributed by atoms with Crippen LogP contribution in [0.1, 0.15) is 36.7 Å². The number of hydrogen-bond donors (Lipinski definition) is 2. The van der Waals surface area contributed by atoms with E-state index in [0.717, 1.165) is 0 Å². The first kappa shape index (κ1) is 20.6. The highest BCUT2D eigenvalue weighted by Crippen LogP contribution is 2.27. The molecule has 28 heavy (non-hydrogen) atoms. The quantitative estimate of drug-likeness (QED) is 0.777. The molecule has 0 aliphatic rings. The van der Waals surface area contributed by atoms with Gasteiger partial charge in [0.2, 0.25) is 0 Å². The largest absolute Gasteiger partial charge is 0.449 e. The molecule has 2 aromatic rings. The zero-order valence-electron chi connectivity index (χ0n) is 15.9. The Kier molecular flexibility index (Phi) is 6.88. The Morgan fingerprint density at radius 3 is 2.21 bits per heavy atom. The average molecular weight is 379 g/mol. The van der Waals surface area contributed by atoms with Crippen molar-refractivity contribution >= 4 is 17.9 Å². The maximum absolute atomic E-state index is 12.6. The van der Waals surface area contributed by atoms with E-state index in [-0.39, 0.29) is 11.6 Å².